The lowest BCUT2D eigenvalue weighted by atomic mass is 10.1. The van der Waals surface area contributed by atoms with Crippen molar-refractivity contribution in [1.82, 2.24) is 29.9 Å². The smallest absolute Gasteiger partial charge is 0.269 e. The molecule has 0 spiro atoms. The molecule has 26 heavy (non-hydrogen) atoms. The van der Waals surface area contributed by atoms with Crippen LogP contribution in [0, 0.1) is 10.1 Å². The minimum absolute atomic E-state index is 0.0789. The average Bonchev–Trinajstić information content (AvgIpc) is 3.25. The topological polar surface area (TPSA) is 104 Å². The summed E-state index contributed by atoms with van der Waals surface area (Å²) in [6.45, 7) is 1.48. The Balaban J connectivity index is 1.48. The Kier molecular flexibility index (Phi) is 4.21. The Morgan fingerprint density at radius 3 is 2.92 bits per heavy atom. The number of rotatable bonds is 5. The Labute approximate surface area is 149 Å². The van der Waals surface area contributed by atoms with E-state index in [2.05, 4.69) is 20.5 Å². The Hall–Kier alpha value is -3.07. The van der Waals surface area contributed by atoms with Crippen LogP contribution in [0.25, 0.3) is 11.3 Å². The highest BCUT2D eigenvalue weighted by molar-refractivity contribution is 5.64. The number of nitro groups is 1. The molecule has 0 aliphatic carbocycles. The van der Waals surface area contributed by atoms with Crippen LogP contribution in [-0.2, 0) is 26.6 Å². The summed E-state index contributed by atoms with van der Waals surface area (Å²) in [5.41, 5.74) is 2.85. The summed E-state index contributed by atoms with van der Waals surface area (Å²) in [6, 6.07) is 6.83. The van der Waals surface area contributed by atoms with E-state index in [0.29, 0.717) is 12.6 Å². The maximum absolute atomic E-state index is 10.8. The molecule has 9 nitrogen and oxygen atoms in total. The number of nitrogens with one attached hydrogen (secondary N) is 1. The Morgan fingerprint density at radius 1 is 1.35 bits per heavy atom. The Morgan fingerprint density at radius 2 is 2.15 bits per heavy atom. The summed E-state index contributed by atoms with van der Waals surface area (Å²) in [4.78, 5) is 14.7. The van der Waals surface area contributed by atoms with E-state index < -0.39 is 4.92 Å². The van der Waals surface area contributed by atoms with Crippen LogP contribution >= 0.6 is 0 Å². The molecule has 0 saturated heterocycles. The SMILES string of the molecule is Cn1cc(CNC2CCc3ncnn3C2)c(-c2ccc([N+](=O)[O-])cc2)n1. The van der Waals surface area contributed by atoms with Gasteiger partial charge in [-0.3, -0.25) is 14.8 Å². The molecular weight excluding hydrogens is 334 g/mol. The van der Waals surface area contributed by atoms with Crippen LogP contribution in [0.5, 0.6) is 0 Å². The van der Waals surface area contributed by atoms with Crippen molar-refractivity contribution in [3.63, 3.8) is 0 Å². The molecule has 134 valence electrons. The van der Waals surface area contributed by atoms with Crippen molar-refractivity contribution in [3.05, 3.63) is 58.3 Å². The van der Waals surface area contributed by atoms with Gasteiger partial charge in [0.25, 0.3) is 5.69 Å². The summed E-state index contributed by atoms with van der Waals surface area (Å²) < 4.78 is 3.71. The molecule has 9 heteroatoms. The average molecular weight is 353 g/mol. The number of nitrogens with zero attached hydrogens (tertiary/aromatic N) is 6. The van der Waals surface area contributed by atoms with Crippen LogP contribution in [0.4, 0.5) is 5.69 Å². The fourth-order valence-corrected chi connectivity index (χ4v) is 3.31. The number of aromatic nitrogens is 5. The van der Waals surface area contributed by atoms with Crippen molar-refractivity contribution >= 4 is 5.69 Å². The van der Waals surface area contributed by atoms with Crippen LogP contribution < -0.4 is 5.32 Å². The van der Waals surface area contributed by atoms with Crippen molar-refractivity contribution in [3.8, 4) is 11.3 Å². The van der Waals surface area contributed by atoms with Crippen molar-refractivity contribution in [2.24, 2.45) is 7.05 Å². The van der Waals surface area contributed by atoms with Crippen molar-refractivity contribution in [1.29, 1.82) is 0 Å². The van der Waals surface area contributed by atoms with E-state index in [1.807, 2.05) is 17.9 Å². The zero-order chi connectivity index (χ0) is 18.1. The third-order valence-electron chi connectivity index (χ3n) is 4.64. The molecule has 0 fully saturated rings. The fourth-order valence-electron chi connectivity index (χ4n) is 3.31. The minimum atomic E-state index is -0.397. The number of aryl methyl sites for hydroxylation is 2. The first-order valence-electron chi connectivity index (χ1n) is 8.47. The van der Waals surface area contributed by atoms with Crippen molar-refractivity contribution < 1.29 is 4.92 Å². The number of hydrogen-bond donors (Lipinski definition) is 1. The molecule has 1 aliphatic heterocycles. The molecule has 0 amide bonds. The maximum Gasteiger partial charge on any atom is 0.269 e. The molecule has 0 bridgehead atoms. The largest absolute Gasteiger partial charge is 0.308 e. The molecular formula is C17H19N7O2. The lowest BCUT2D eigenvalue weighted by molar-refractivity contribution is -0.384. The van der Waals surface area contributed by atoms with Gasteiger partial charge in [-0.15, -0.1) is 0 Å². The third kappa shape index (κ3) is 3.21. The van der Waals surface area contributed by atoms with Crippen LogP contribution in [0.1, 0.15) is 17.8 Å². The highest BCUT2D eigenvalue weighted by Crippen LogP contribution is 2.24. The van der Waals surface area contributed by atoms with E-state index in [9.17, 15) is 10.1 Å². The summed E-state index contributed by atoms with van der Waals surface area (Å²) in [5, 5.41) is 23.2. The monoisotopic (exact) mass is 353 g/mol. The molecule has 1 aliphatic rings. The number of nitro benzene ring substituents is 1. The lowest BCUT2D eigenvalue weighted by Crippen LogP contribution is -2.37. The van der Waals surface area contributed by atoms with Gasteiger partial charge in [0, 0.05) is 55.5 Å². The van der Waals surface area contributed by atoms with Gasteiger partial charge in [0.15, 0.2) is 0 Å². The Bertz CT molecular complexity index is 929. The number of benzene rings is 1. The van der Waals surface area contributed by atoms with Gasteiger partial charge in [-0.1, -0.05) is 0 Å². The lowest BCUT2D eigenvalue weighted by Gasteiger charge is -2.23. The molecule has 0 radical (unpaired) electrons. The van der Waals surface area contributed by atoms with Gasteiger partial charge < -0.3 is 5.32 Å². The van der Waals surface area contributed by atoms with Gasteiger partial charge >= 0.3 is 0 Å². The van der Waals surface area contributed by atoms with Gasteiger partial charge in [-0.05, 0) is 18.6 Å². The first kappa shape index (κ1) is 16.4. The van der Waals surface area contributed by atoms with Gasteiger partial charge in [0.2, 0.25) is 0 Å². The molecule has 2 aromatic heterocycles. The highest BCUT2D eigenvalue weighted by atomic mass is 16.6. The second-order valence-corrected chi connectivity index (χ2v) is 6.46. The maximum atomic E-state index is 10.8. The van der Waals surface area contributed by atoms with Crippen LogP contribution in [0.3, 0.4) is 0 Å². The number of non-ortho nitro benzene ring substituents is 1. The van der Waals surface area contributed by atoms with E-state index in [1.165, 1.54) is 12.1 Å². The number of hydrogen-bond acceptors (Lipinski definition) is 6. The molecule has 1 N–H and O–H groups in total. The first-order valence-corrected chi connectivity index (χ1v) is 8.47. The van der Waals surface area contributed by atoms with E-state index in [4.69, 9.17) is 0 Å². The first-order chi connectivity index (χ1) is 12.6. The summed E-state index contributed by atoms with van der Waals surface area (Å²) in [6.07, 6.45) is 5.52. The van der Waals surface area contributed by atoms with Crippen molar-refractivity contribution in [2.45, 2.75) is 32.0 Å². The van der Waals surface area contributed by atoms with E-state index in [0.717, 1.165) is 42.0 Å². The molecule has 1 aromatic carbocycles. The van der Waals surface area contributed by atoms with Crippen LogP contribution in [0.2, 0.25) is 0 Å². The quantitative estimate of drug-likeness (QED) is 0.553. The zero-order valence-electron chi connectivity index (χ0n) is 14.4. The third-order valence-corrected chi connectivity index (χ3v) is 4.64. The second-order valence-electron chi connectivity index (χ2n) is 6.46. The molecule has 0 saturated carbocycles. The zero-order valence-corrected chi connectivity index (χ0v) is 14.4. The van der Waals surface area contributed by atoms with Gasteiger partial charge in [0.1, 0.15) is 12.2 Å². The summed E-state index contributed by atoms with van der Waals surface area (Å²) in [7, 11) is 1.88. The van der Waals surface area contributed by atoms with Gasteiger partial charge in [-0.2, -0.15) is 10.2 Å². The molecule has 1 unspecified atom stereocenters. The second kappa shape index (κ2) is 6.68. The predicted molar refractivity (Wildman–Crippen MR) is 94.3 cm³/mol. The summed E-state index contributed by atoms with van der Waals surface area (Å²) >= 11 is 0. The minimum Gasteiger partial charge on any atom is -0.308 e. The van der Waals surface area contributed by atoms with E-state index in [-0.39, 0.29) is 5.69 Å². The standard InChI is InChI=1S/C17H19N7O2/c1-22-9-13(8-18-14-4-7-16-19-11-20-23(16)10-14)17(21-22)12-2-5-15(6-3-12)24(25)26/h2-3,5-6,9,11,14,18H,4,7-8,10H2,1H3. The molecule has 3 heterocycles. The van der Waals surface area contributed by atoms with E-state index in [1.54, 1.807) is 23.1 Å². The van der Waals surface area contributed by atoms with Crippen molar-refractivity contribution in [2.75, 3.05) is 0 Å². The number of fused-ring (bicyclic) bond motifs is 1. The van der Waals surface area contributed by atoms with Crippen LogP contribution in [0.15, 0.2) is 36.8 Å². The molecule has 4 rings (SSSR count). The van der Waals surface area contributed by atoms with Crippen LogP contribution in [-0.4, -0.2) is 35.5 Å². The summed E-state index contributed by atoms with van der Waals surface area (Å²) in [5.74, 6) is 1.04. The normalized spacial score (nSPS) is 16.4. The van der Waals surface area contributed by atoms with Gasteiger partial charge in [-0.25, -0.2) is 9.67 Å². The van der Waals surface area contributed by atoms with Gasteiger partial charge in [0.05, 0.1) is 17.2 Å². The molecule has 1 atom stereocenters. The predicted octanol–water partition coefficient (Wildman–Crippen LogP) is 1.69. The van der Waals surface area contributed by atoms with E-state index >= 15 is 0 Å². The molecule has 3 aromatic rings. The highest BCUT2D eigenvalue weighted by Gasteiger charge is 2.20. The fraction of sp³-hybridized carbons (Fsp3) is 0.353.